The third-order valence-corrected chi connectivity index (χ3v) is 3.09. The molecule has 0 aromatic rings. The second kappa shape index (κ2) is 6.42. The van der Waals surface area contributed by atoms with Crippen LogP contribution in [0.2, 0.25) is 0 Å². The van der Waals surface area contributed by atoms with Gasteiger partial charge in [0.25, 0.3) is 0 Å². The first-order valence-corrected chi connectivity index (χ1v) is 5.70. The monoisotopic (exact) mass is 186 g/mol. The zero-order valence-electron chi connectivity index (χ0n) is 9.88. The highest BCUT2D eigenvalue weighted by molar-refractivity contribution is 4.72. The smallest absolute Gasteiger partial charge is 0.0591 e. The highest BCUT2D eigenvalue weighted by atomic mass is 16.3. The molecule has 1 nitrogen and oxygen atoms in total. The lowest BCUT2D eigenvalue weighted by Crippen LogP contribution is -2.26. The molecule has 0 fully saturated rings. The summed E-state index contributed by atoms with van der Waals surface area (Å²) < 4.78 is 0. The second-order valence-corrected chi connectivity index (χ2v) is 4.65. The van der Waals surface area contributed by atoms with E-state index in [1.54, 1.807) is 0 Å². The summed E-state index contributed by atoms with van der Waals surface area (Å²) in [6.45, 7) is 10.9. The molecule has 0 bridgehead atoms. The summed E-state index contributed by atoms with van der Waals surface area (Å²) >= 11 is 0. The molecular weight excluding hydrogens is 160 g/mol. The average molecular weight is 186 g/mol. The zero-order chi connectivity index (χ0) is 10.4. The minimum absolute atomic E-state index is 0.112. The van der Waals surface area contributed by atoms with E-state index in [1.807, 2.05) is 0 Å². The van der Waals surface area contributed by atoms with E-state index in [2.05, 4.69) is 34.6 Å². The molecule has 3 atom stereocenters. The molecule has 80 valence electrons. The van der Waals surface area contributed by atoms with Crippen LogP contribution >= 0.6 is 0 Å². The van der Waals surface area contributed by atoms with Crippen molar-refractivity contribution in [2.75, 3.05) is 0 Å². The number of aliphatic hydroxyl groups is 1. The normalized spacial score (nSPS) is 18.7. The van der Waals surface area contributed by atoms with Gasteiger partial charge < -0.3 is 5.11 Å². The maximum atomic E-state index is 9.93. The van der Waals surface area contributed by atoms with E-state index in [0.29, 0.717) is 11.8 Å². The van der Waals surface area contributed by atoms with Crippen molar-refractivity contribution in [1.82, 2.24) is 0 Å². The van der Waals surface area contributed by atoms with Crippen LogP contribution < -0.4 is 0 Å². The van der Waals surface area contributed by atoms with Gasteiger partial charge in [-0.1, -0.05) is 47.5 Å². The van der Waals surface area contributed by atoms with Gasteiger partial charge in [0.05, 0.1) is 6.10 Å². The highest BCUT2D eigenvalue weighted by Crippen LogP contribution is 2.24. The lowest BCUT2D eigenvalue weighted by Gasteiger charge is -2.26. The molecule has 0 saturated carbocycles. The number of hydrogen-bond donors (Lipinski definition) is 1. The summed E-state index contributed by atoms with van der Waals surface area (Å²) in [7, 11) is 0. The Kier molecular flexibility index (Phi) is 6.40. The second-order valence-electron chi connectivity index (χ2n) is 4.65. The van der Waals surface area contributed by atoms with Crippen molar-refractivity contribution in [2.24, 2.45) is 17.8 Å². The van der Waals surface area contributed by atoms with Gasteiger partial charge in [0.2, 0.25) is 0 Å². The van der Waals surface area contributed by atoms with Gasteiger partial charge in [-0.3, -0.25) is 0 Å². The Morgan fingerprint density at radius 2 is 1.54 bits per heavy atom. The van der Waals surface area contributed by atoms with Crippen molar-refractivity contribution in [2.45, 2.75) is 60.0 Å². The summed E-state index contributed by atoms with van der Waals surface area (Å²) in [5.41, 5.74) is 0. The summed E-state index contributed by atoms with van der Waals surface area (Å²) in [6.07, 6.45) is 3.39. The molecule has 0 aliphatic carbocycles. The zero-order valence-corrected chi connectivity index (χ0v) is 9.88. The Hall–Kier alpha value is -0.0400. The lowest BCUT2D eigenvalue weighted by molar-refractivity contribution is 0.0510. The quantitative estimate of drug-likeness (QED) is 0.673. The standard InChI is InChI=1S/C12H26O/c1-6-10(5)8-11(7-2)12(13)9(3)4/h9-13H,6-8H2,1-5H3. The van der Waals surface area contributed by atoms with Gasteiger partial charge in [0, 0.05) is 0 Å². The molecule has 0 rings (SSSR count). The molecule has 0 aromatic heterocycles. The number of aliphatic hydroxyl groups excluding tert-OH is 1. The molecule has 1 N–H and O–H groups in total. The van der Waals surface area contributed by atoms with E-state index >= 15 is 0 Å². The fourth-order valence-electron chi connectivity index (χ4n) is 1.78. The van der Waals surface area contributed by atoms with Gasteiger partial charge in [-0.2, -0.15) is 0 Å². The predicted molar refractivity (Wildman–Crippen MR) is 58.7 cm³/mol. The van der Waals surface area contributed by atoms with Crippen LogP contribution in [0.4, 0.5) is 0 Å². The molecule has 0 radical (unpaired) electrons. The molecule has 0 heterocycles. The summed E-state index contributed by atoms with van der Waals surface area (Å²) in [4.78, 5) is 0. The molecular formula is C12H26O. The van der Waals surface area contributed by atoms with E-state index in [-0.39, 0.29) is 6.10 Å². The lowest BCUT2D eigenvalue weighted by atomic mass is 9.84. The molecule has 1 heteroatoms. The average Bonchev–Trinajstić information content (AvgIpc) is 2.12. The van der Waals surface area contributed by atoms with E-state index in [0.717, 1.165) is 12.3 Å². The van der Waals surface area contributed by atoms with E-state index in [4.69, 9.17) is 0 Å². The van der Waals surface area contributed by atoms with Gasteiger partial charge >= 0.3 is 0 Å². The Bertz CT molecular complexity index is 120. The van der Waals surface area contributed by atoms with Crippen LogP contribution in [0.5, 0.6) is 0 Å². The first-order chi connectivity index (χ1) is 6.02. The number of hydrogen-bond acceptors (Lipinski definition) is 1. The first kappa shape index (κ1) is 13.0. The largest absolute Gasteiger partial charge is 0.393 e. The third kappa shape index (κ3) is 4.66. The van der Waals surface area contributed by atoms with Gasteiger partial charge in [0.15, 0.2) is 0 Å². The molecule has 0 aromatic carbocycles. The van der Waals surface area contributed by atoms with Crippen LogP contribution in [-0.2, 0) is 0 Å². The van der Waals surface area contributed by atoms with Crippen molar-refractivity contribution >= 4 is 0 Å². The molecule has 0 saturated heterocycles. The summed E-state index contributed by atoms with van der Waals surface area (Å²) in [5, 5.41) is 9.93. The van der Waals surface area contributed by atoms with Crippen LogP contribution in [0.3, 0.4) is 0 Å². The van der Waals surface area contributed by atoms with Crippen LogP contribution in [0, 0.1) is 17.8 Å². The minimum Gasteiger partial charge on any atom is -0.393 e. The third-order valence-electron chi connectivity index (χ3n) is 3.09. The van der Waals surface area contributed by atoms with Crippen LogP contribution in [0.25, 0.3) is 0 Å². The van der Waals surface area contributed by atoms with E-state index < -0.39 is 0 Å². The van der Waals surface area contributed by atoms with Gasteiger partial charge in [0.1, 0.15) is 0 Å². The molecule has 0 aliphatic rings. The predicted octanol–water partition coefficient (Wildman–Crippen LogP) is 3.47. The van der Waals surface area contributed by atoms with Crippen molar-refractivity contribution in [3.8, 4) is 0 Å². The van der Waals surface area contributed by atoms with Crippen molar-refractivity contribution < 1.29 is 5.11 Å². The summed E-state index contributed by atoms with van der Waals surface area (Å²) in [6, 6.07) is 0. The number of rotatable bonds is 6. The first-order valence-electron chi connectivity index (χ1n) is 5.70. The summed E-state index contributed by atoms with van der Waals surface area (Å²) in [5.74, 6) is 1.64. The minimum atomic E-state index is -0.112. The van der Waals surface area contributed by atoms with Crippen molar-refractivity contribution in [3.63, 3.8) is 0 Å². The van der Waals surface area contributed by atoms with Crippen molar-refractivity contribution in [1.29, 1.82) is 0 Å². The Labute approximate surface area is 83.5 Å². The maximum Gasteiger partial charge on any atom is 0.0591 e. The van der Waals surface area contributed by atoms with Crippen LogP contribution in [0.1, 0.15) is 53.9 Å². The van der Waals surface area contributed by atoms with Gasteiger partial charge in [-0.25, -0.2) is 0 Å². The van der Waals surface area contributed by atoms with Gasteiger partial charge in [-0.15, -0.1) is 0 Å². The SMILES string of the molecule is CCC(C)CC(CC)C(O)C(C)C. The molecule has 0 amide bonds. The maximum absolute atomic E-state index is 9.93. The van der Waals surface area contributed by atoms with Gasteiger partial charge in [-0.05, 0) is 24.2 Å². The molecule has 3 unspecified atom stereocenters. The van der Waals surface area contributed by atoms with Crippen LogP contribution in [0.15, 0.2) is 0 Å². The Morgan fingerprint density at radius 1 is 1.00 bits per heavy atom. The Balaban J connectivity index is 4.01. The topological polar surface area (TPSA) is 20.2 Å². The Morgan fingerprint density at radius 3 is 1.85 bits per heavy atom. The van der Waals surface area contributed by atoms with Crippen molar-refractivity contribution in [3.05, 3.63) is 0 Å². The highest BCUT2D eigenvalue weighted by Gasteiger charge is 2.21. The fourth-order valence-corrected chi connectivity index (χ4v) is 1.78. The molecule has 0 aliphatic heterocycles. The molecule has 0 spiro atoms. The van der Waals surface area contributed by atoms with E-state index in [1.165, 1.54) is 12.8 Å². The fraction of sp³-hybridized carbons (Fsp3) is 1.00. The van der Waals surface area contributed by atoms with E-state index in [9.17, 15) is 5.11 Å². The van der Waals surface area contributed by atoms with Crippen LogP contribution in [-0.4, -0.2) is 11.2 Å². The molecule has 13 heavy (non-hydrogen) atoms.